The fourth-order valence-corrected chi connectivity index (χ4v) is 2.75. The maximum atomic E-state index is 13.7. The minimum absolute atomic E-state index is 0.338. The van der Waals surface area contributed by atoms with Gasteiger partial charge in [0.2, 0.25) is 0 Å². The molecule has 0 unspecified atom stereocenters. The summed E-state index contributed by atoms with van der Waals surface area (Å²) in [7, 11) is 0. The molecule has 4 aromatic rings. The molecule has 4 rings (SSSR count). The summed E-state index contributed by atoms with van der Waals surface area (Å²) in [6.45, 7) is 0. The van der Waals surface area contributed by atoms with Crippen molar-refractivity contribution in [1.82, 2.24) is 9.97 Å². The van der Waals surface area contributed by atoms with Crippen LogP contribution < -0.4 is 0 Å². The van der Waals surface area contributed by atoms with Crippen molar-refractivity contribution < 1.29 is 8.78 Å². The smallest absolute Gasteiger partial charge is 0.160 e. The summed E-state index contributed by atoms with van der Waals surface area (Å²) in [6, 6.07) is 23.7. The van der Waals surface area contributed by atoms with Crippen LogP contribution in [0.25, 0.3) is 33.9 Å². The van der Waals surface area contributed by atoms with Crippen molar-refractivity contribution in [3.8, 4) is 33.9 Å². The van der Waals surface area contributed by atoms with Gasteiger partial charge in [0.1, 0.15) is 11.6 Å². The average molecular weight is 344 g/mol. The van der Waals surface area contributed by atoms with E-state index < -0.39 is 0 Å². The fraction of sp³-hybridized carbons (Fsp3) is 0. The molecule has 3 aromatic carbocycles. The Morgan fingerprint density at radius 2 is 1.00 bits per heavy atom. The third kappa shape index (κ3) is 3.35. The second kappa shape index (κ2) is 6.84. The summed E-state index contributed by atoms with van der Waals surface area (Å²) in [6.07, 6.45) is 0. The van der Waals surface area contributed by atoms with Crippen molar-refractivity contribution in [2.75, 3.05) is 0 Å². The van der Waals surface area contributed by atoms with Crippen molar-refractivity contribution >= 4 is 0 Å². The second-order valence-corrected chi connectivity index (χ2v) is 5.85. The number of rotatable bonds is 3. The van der Waals surface area contributed by atoms with E-state index in [1.807, 2.05) is 30.3 Å². The van der Waals surface area contributed by atoms with Gasteiger partial charge in [-0.15, -0.1) is 0 Å². The van der Waals surface area contributed by atoms with Crippen LogP contribution in [-0.4, -0.2) is 9.97 Å². The molecule has 0 spiro atoms. The van der Waals surface area contributed by atoms with E-state index in [1.165, 1.54) is 24.3 Å². The quantitative estimate of drug-likeness (QED) is 0.472. The first-order valence-electron chi connectivity index (χ1n) is 8.15. The highest BCUT2D eigenvalue weighted by Crippen LogP contribution is 2.28. The lowest BCUT2D eigenvalue weighted by Crippen LogP contribution is -1.96. The Morgan fingerprint density at radius 1 is 0.500 bits per heavy atom. The van der Waals surface area contributed by atoms with Crippen molar-refractivity contribution in [3.05, 3.63) is 96.6 Å². The van der Waals surface area contributed by atoms with Crippen molar-refractivity contribution in [2.24, 2.45) is 0 Å². The van der Waals surface area contributed by atoms with Crippen molar-refractivity contribution in [2.45, 2.75) is 0 Å². The van der Waals surface area contributed by atoms with E-state index in [0.717, 1.165) is 5.56 Å². The topological polar surface area (TPSA) is 25.8 Å². The molecular weight excluding hydrogens is 330 g/mol. The number of hydrogen-bond donors (Lipinski definition) is 0. The van der Waals surface area contributed by atoms with Gasteiger partial charge in [0.15, 0.2) is 5.82 Å². The molecule has 1 aromatic heterocycles. The first-order chi connectivity index (χ1) is 12.7. The molecule has 0 aliphatic heterocycles. The monoisotopic (exact) mass is 344 g/mol. The van der Waals surface area contributed by atoms with E-state index in [4.69, 9.17) is 0 Å². The van der Waals surface area contributed by atoms with Gasteiger partial charge in [-0.2, -0.15) is 0 Å². The van der Waals surface area contributed by atoms with Crippen LogP contribution in [0.2, 0.25) is 0 Å². The lowest BCUT2D eigenvalue weighted by atomic mass is 10.1. The molecule has 0 bridgehead atoms. The Labute approximate surface area is 149 Å². The fourth-order valence-electron chi connectivity index (χ4n) is 2.75. The normalized spacial score (nSPS) is 10.7. The van der Waals surface area contributed by atoms with Crippen molar-refractivity contribution in [3.63, 3.8) is 0 Å². The molecule has 126 valence electrons. The van der Waals surface area contributed by atoms with Crippen LogP contribution in [0.3, 0.4) is 0 Å². The molecule has 0 amide bonds. The Kier molecular flexibility index (Phi) is 4.23. The molecule has 0 radical (unpaired) electrons. The maximum Gasteiger partial charge on any atom is 0.160 e. The van der Waals surface area contributed by atoms with Gasteiger partial charge >= 0.3 is 0 Å². The number of nitrogens with zero attached hydrogens (tertiary/aromatic N) is 2. The van der Waals surface area contributed by atoms with Crippen LogP contribution in [0.1, 0.15) is 0 Å². The summed E-state index contributed by atoms with van der Waals surface area (Å²) >= 11 is 0. The molecule has 0 saturated carbocycles. The summed E-state index contributed by atoms with van der Waals surface area (Å²) in [5.74, 6) is -0.170. The van der Waals surface area contributed by atoms with Gasteiger partial charge < -0.3 is 0 Å². The Balaban J connectivity index is 1.93. The predicted molar refractivity (Wildman–Crippen MR) is 98.3 cm³/mol. The average Bonchev–Trinajstić information content (AvgIpc) is 2.68. The Bertz CT molecular complexity index is 999. The summed E-state index contributed by atoms with van der Waals surface area (Å²) < 4.78 is 27.3. The van der Waals surface area contributed by atoms with E-state index in [1.54, 1.807) is 30.3 Å². The SMILES string of the molecule is Fc1cccc(-c2cc(-c3cccc(F)c3)nc(-c3ccccc3)n2)c1. The van der Waals surface area contributed by atoms with Crippen LogP contribution in [0, 0.1) is 11.6 Å². The lowest BCUT2D eigenvalue weighted by molar-refractivity contribution is 0.628. The summed E-state index contributed by atoms with van der Waals surface area (Å²) in [5.41, 5.74) is 3.28. The van der Waals surface area contributed by atoms with Crippen LogP contribution in [0.5, 0.6) is 0 Å². The maximum absolute atomic E-state index is 13.7. The molecule has 4 heteroatoms. The van der Waals surface area contributed by atoms with Gasteiger partial charge in [-0.3, -0.25) is 0 Å². The van der Waals surface area contributed by atoms with Gasteiger partial charge in [-0.25, -0.2) is 18.7 Å². The standard InChI is InChI=1S/C22H14F2N2/c23-18-10-4-8-16(12-18)20-14-21(17-9-5-11-19(24)13-17)26-22(25-20)15-6-2-1-3-7-15/h1-14H. The summed E-state index contributed by atoms with van der Waals surface area (Å²) in [4.78, 5) is 9.18. The Morgan fingerprint density at radius 3 is 1.50 bits per heavy atom. The zero-order chi connectivity index (χ0) is 17.9. The van der Waals surface area contributed by atoms with Gasteiger partial charge in [0.25, 0.3) is 0 Å². The number of halogens is 2. The molecule has 26 heavy (non-hydrogen) atoms. The number of hydrogen-bond acceptors (Lipinski definition) is 2. The molecule has 0 aliphatic rings. The minimum atomic E-state index is -0.338. The highest BCUT2D eigenvalue weighted by atomic mass is 19.1. The zero-order valence-corrected chi connectivity index (χ0v) is 13.7. The molecule has 0 N–H and O–H groups in total. The van der Waals surface area contributed by atoms with E-state index in [2.05, 4.69) is 9.97 Å². The molecule has 0 atom stereocenters. The Hall–Kier alpha value is -3.40. The summed E-state index contributed by atoms with van der Waals surface area (Å²) in [5, 5.41) is 0. The predicted octanol–water partition coefficient (Wildman–Crippen LogP) is 5.76. The van der Waals surface area contributed by atoms with E-state index in [-0.39, 0.29) is 11.6 Å². The third-order valence-electron chi connectivity index (χ3n) is 4.00. The van der Waals surface area contributed by atoms with E-state index in [0.29, 0.717) is 28.3 Å². The minimum Gasteiger partial charge on any atom is -0.228 e. The van der Waals surface area contributed by atoms with Crippen LogP contribution in [-0.2, 0) is 0 Å². The molecule has 2 nitrogen and oxygen atoms in total. The van der Waals surface area contributed by atoms with E-state index >= 15 is 0 Å². The van der Waals surface area contributed by atoms with Crippen LogP contribution in [0.15, 0.2) is 84.9 Å². The second-order valence-electron chi connectivity index (χ2n) is 5.85. The molecule has 1 heterocycles. The first-order valence-corrected chi connectivity index (χ1v) is 8.15. The first kappa shape index (κ1) is 16.1. The zero-order valence-electron chi connectivity index (χ0n) is 13.7. The highest BCUT2D eigenvalue weighted by molar-refractivity contribution is 5.71. The van der Waals surface area contributed by atoms with Gasteiger partial charge in [-0.05, 0) is 30.3 Å². The lowest BCUT2D eigenvalue weighted by Gasteiger charge is -2.09. The van der Waals surface area contributed by atoms with Crippen molar-refractivity contribution in [1.29, 1.82) is 0 Å². The van der Waals surface area contributed by atoms with Gasteiger partial charge in [0.05, 0.1) is 11.4 Å². The molecule has 0 fully saturated rings. The third-order valence-corrected chi connectivity index (χ3v) is 4.00. The highest BCUT2D eigenvalue weighted by Gasteiger charge is 2.11. The van der Waals surface area contributed by atoms with Crippen LogP contribution in [0.4, 0.5) is 8.78 Å². The van der Waals surface area contributed by atoms with Gasteiger partial charge in [-0.1, -0.05) is 54.6 Å². The van der Waals surface area contributed by atoms with Crippen LogP contribution >= 0.6 is 0 Å². The molecular formula is C22H14F2N2. The molecule has 0 saturated heterocycles. The molecule has 0 aliphatic carbocycles. The van der Waals surface area contributed by atoms with Gasteiger partial charge in [0, 0.05) is 16.7 Å². The van der Waals surface area contributed by atoms with E-state index in [9.17, 15) is 8.78 Å². The number of benzene rings is 3. The number of aromatic nitrogens is 2. The largest absolute Gasteiger partial charge is 0.228 e.